The molecule has 0 unspecified atom stereocenters. The van der Waals surface area contributed by atoms with Crippen LogP contribution in [0.25, 0.3) is 22.1 Å². The molecular weight excluding hydrogens is 721 g/mol. The first-order chi connectivity index (χ1) is 27.3. The van der Waals surface area contributed by atoms with Gasteiger partial charge in [0.05, 0.1) is 48.7 Å². The number of pyridine rings is 2. The van der Waals surface area contributed by atoms with Crippen LogP contribution in [0.3, 0.4) is 0 Å². The molecule has 57 heavy (non-hydrogen) atoms. The van der Waals surface area contributed by atoms with E-state index in [1.165, 1.54) is 0 Å². The van der Waals surface area contributed by atoms with Gasteiger partial charge in [0.15, 0.2) is 11.6 Å². The highest BCUT2D eigenvalue weighted by molar-refractivity contribution is 5.90. The molecule has 13 nitrogen and oxygen atoms in total. The number of aromatic nitrogens is 6. The van der Waals surface area contributed by atoms with Gasteiger partial charge in [0.1, 0.15) is 22.7 Å². The quantitative estimate of drug-likeness (QED) is 0.0599. The van der Waals surface area contributed by atoms with E-state index in [2.05, 4.69) is 56.8 Å². The fraction of sp³-hybridized carbons (Fsp3) is 0.636. The minimum absolute atomic E-state index is 0.0260. The van der Waals surface area contributed by atoms with E-state index in [1.54, 1.807) is 48.7 Å². The molecule has 0 spiro atoms. The van der Waals surface area contributed by atoms with Gasteiger partial charge in [-0.1, -0.05) is 40.5 Å². The Balaban J connectivity index is 1.15. The van der Waals surface area contributed by atoms with Gasteiger partial charge in [-0.15, -0.1) is 0 Å². The van der Waals surface area contributed by atoms with Gasteiger partial charge in [-0.2, -0.15) is 0 Å². The third-order valence-corrected chi connectivity index (χ3v) is 10.9. The second-order valence-electron chi connectivity index (χ2n) is 16.3. The summed E-state index contributed by atoms with van der Waals surface area (Å²) in [5, 5.41) is 0. The second kappa shape index (κ2) is 22.4. The molecule has 0 bridgehead atoms. The van der Waals surface area contributed by atoms with Gasteiger partial charge in [0.25, 0.3) is 0 Å². The standard InChI is InChI=1S/C44H66N8O5/c1-31(2)27-39(49(7)43(55)15-11-9-13-23-51-33(5)47-35-29-45-21-17-37(35)51)41(53)19-25-57-26-20-42(54)40(28-32(3)4)50(8)44(56)16-12-10-14-24-52-34(6)48-36-30-46-22-18-38(36)52/h17-18,21-22,29-32,39-40H,9-16,19-20,23-28H2,1-8H3/t39-,40-/m0/s1. The fourth-order valence-corrected chi connectivity index (χ4v) is 7.60. The number of likely N-dealkylation sites (N-methyl/N-ethyl adjacent to an activating group) is 2. The van der Waals surface area contributed by atoms with Crippen LogP contribution in [0.4, 0.5) is 0 Å². The second-order valence-corrected chi connectivity index (χ2v) is 16.3. The van der Waals surface area contributed by atoms with Gasteiger partial charge in [-0.25, -0.2) is 9.97 Å². The number of amides is 2. The van der Waals surface area contributed by atoms with Crippen LogP contribution in [0.2, 0.25) is 0 Å². The predicted octanol–water partition coefficient (Wildman–Crippen LogP) is 7.30. The number of ketones is 2. The third-order valence-electron chi connectivity index (χ3n) is 10.9. The molecular formula is C44H66N8O5. The van der Waals surface area contributed by atoms with E-state index in [4.69, 9.17) is 4.74 Å². The first-order valence-electron chi connectivity index (χ1n) is 21.0. The summed E-state index contributed by atoms with van der Waals surface area (Å²) in [5.41, 5.74) is 3.92. The Bertz CT molecular complexity index is 1780. The number of fused-ring (bicyclic) bond motifs is 2. The number of carbonyl (C=O) groups is 4. The summed E-state index contributed by atoms with van der Waals surface area (Å²) in [5.74, 6) is 2.27. The summed E-state index contributed by atoms with van der Waals surface area (Å²) in [6.45, 7) is 14.2. The number of imidazole rings is 2. The Hall–Kier alpha value is -4.52. The number of carbonyl (C=O) groups excluding carboxylic acids is 4. The smallest absolute Gasteiger partial charge is 0.222 e. The lowest BCUT2D eigenvalue weighted by atomic mass is 9.96. The minimum atomic E-state index is -0.515. The van der Waals surface area contributed by atoms with Gasteiger partial charge >= 0.3 is 0 Å². The number of ether oxygens (including phenoxy) is 1. The van der Waals surface area contributed by atoms with Crippen molar-refractivity contribution >= 4 is 45.4 Å². The molecule has 0 saturated carbocycles. The van der Waals surface area contributed by atoms with E-state index in [1.807, 2.05) is 26.0 Å². The van der Waals surface area contributed by atoms with Crippen molar-refractivity contribution in [3.05, 3.63) is 48.6 Å². The van der Waals surface area contributed by atoms with Crippen molar-refractivity contribution in [1.82, 2.24) is 38.9 Å². The summed E-state index contributed by atoms with van der Waals surface area (Å²) < 4.78 is 10.2. The zero-order chi connectivity index (χ0) is 41.5. The largest absolute Gasteiger partial charge is 0.381 e. The van der Waals surface area contributed by atoms with E-state index in [0.29, 0.717) is 25.7 Å². The van der Waals surface area contributed by atoms with Gasteiger partial charge in [0, 0.05) is 65.3 Å². The molecule has 0 fully saturated rings. The van der Waals surface area contributed by atoms with Crippen molar-refractivity contribution in [2.24, 2.45) is 11.8 Å². The summed E-state index contributed by atoms with van der Waals surface area (Å²) in [4.78, 5) is 74.0. The Labute approximate surface area is 339 Å². The number of hydrogen-bond acceptors (Lipinski definition) is 9. The average molecular weight is 787 g/mol. The molecule has 0 aliphatic rings. The topological polar surface area (TPSA) is 145 Å². The average Bonchev–Trinajstić information content (AvgIpc) is 3.68. The molecule has 4 heterocycles. The maximum atomic E-state index is 13.4. The van der Waals surface area contributed by atoms with E-state index >= 15 is 0 Å². The van der Waals surface area contributed by atoms with E-state index in [0.717, 1.165) is 85.3 Å². The molecule has 13 heteroatoms. The number of nitrogens with zero attached hydrogens (tertiary/aromatic N) is 8. The van der Waals surface area contributed by atoms with Crippen molar-refractivity contribution in [3.63, 3.8) is 0 Å². The number of hydrogen-bond donors (Lipinski definition) is 0. The zero-order valence-corrected chi connectivity index (χ0v) is 35.7. The highest BCUT2D eigenvalue weighted by atomic mass is 16.5. The van der Waals surface area contributed by atoms with E-state index < -0.39 is 12.1 Å². The maximum Gasteiger partial charge on any atom is 0.222 e. The Morgan fingerprint density at radius 2 is 1.02 bits per heavy atom. The number of aryl methyl sites for hydroxylation is 4. The molecule has 2 atom stereocenters. The lowest BCUT2D eigenvalue weighted by Crippen LogP contribution is -2.44. The predicted molar refractivity (Wildman–Crippen MR) is 224 cm³/mol. The number of rotatable bonds is 26. The van der Waals surface area contributed by atoms with E-state index in [-0.39, 0.29) is 61.3 Å². The summed E-state index contributed by atoms with van der Waals surface area (Å²) in [6.07, 6.45) is 14.5. The summed E-state index contributed by atoms with van der Waals surface area (Å²) >= 11 is 0. The molecule has 2 amide bonds. The SMILES string of the molecule is Cc1nc2cnccc2n1CCCCCC(=O)N(C)[C@@H](CC(C)C)C(=O)CCOCCC(=O)[C@H](CC(C)C)N(C)C(=O)CCCCCn1c(C)nc2cnccc21. The molecule has 0 aliphatic heterocycles. The molecule has 0 saturated heterocycles. The normalized spacial score (nSPS) is 12.8. The van der Waals surface area contributed by atoms with Crippen molar-refractivity contribution < 1.29 is 23.9 Å². The van der Waals surface area contributed by atoms with E-state index in [9.17, 15) is 19.2 Å². The molecule has 0 aromatic carbocycles. The van der Waals surface area contributed by atoms with Crippen molar-refractivity contribution in [2.45, 2.75) is 144 Å². The van der Waals surface area contributed by atoms with Crippen LogP contribution in [-0.4, -0.2) is 102 Å². The fourth-order valence-electron chi connectivity index (χ4n) is 7.60. The maximum absolute atomic E-state index is 13.4. The molecule has 4 aromatic rings. The summed E-state index contributed by atoms with van der Waals surface area (Å²) in [7, 11) is 3.47. The van der Waals surface area contributed by atoms with Gasteiger partial charge in [-0.05, 0) is 76.3 Å². The molecule has 0 radical (unpaired) electrons. The first-order valence-corrected chi connectivity index (χ1v) is 21.0. The third kappa shape index (κ3) is 13.3. The highest BCUT2D eigenvalue weighted by Gasteiger charge is 2.29. The lowest BCUT2D eigenvalue weighted by Gasteiger charge is -2.29. The highest BCUT2D eigenvalue weighted by Crippen LogP contribution is 2.20. The van der Waals surface area contributed by atoms with Gasteiger partial charge in [-0.3, -0.25) is 29.1 Å². The van der Waals surface area contributed by atoms with Crippen LogP contribution in [0.15, 0.2) is 36.9 Å². The van der Waals surface area contributed by atoms with Crippen molar-refractivity contribution in [2.75, 3.05) is 27.3 Å². The van der Waals surface area contributed by atoms with Crippen molar-refractivity contribution in [1.29, 1.82) is 0 Å². The van der Waals surface area contributed by atoms with Crippen LogP contribution < -0.4 is 0 Å². The van der Waals surface area contributed by atoms with Crippen LogP contribution in [0, 0.1) is 25.7 Å². The van der Waals surface area contributed by atoms with Crippen LogP contribution in [0.5, 0.6) is 0 Å². The lowest BCUT2D eigenvalue weighted by molar-refractivity contribution is -0.139. The summed E-state index contributed by atoms with van der Waals surface area (Å²) in [6, 6.07) is 2.93. The Morgan fingerprint density at radius 1 is 0.614 bits per heavy atom. The zero-order valence-electron chi connectivity index (χ0n) is 35.7. The number of Topliss-reactive ketones (excluding diaryl/α,β-unsaturated/α-hetero) is 2. The van der Waals surface area contributed by atoms with Crippen molar-refractivity contribution in [3.8, 4) is 0 Å². The van der Waals surface area contributed by atoms with Crippen LogP contribution in [-0.2, 0) is 37.0 Å². The molecule has 0 N–H and O–H groups in total. The van der Waals surface area contributed by atoms with Crippen LogP contribution >= 0.6 is 0 Å². The molecule has 4 rings (SSSR count). The molecule has 312 valence electrons. The van der Waals surface area contributed by atoms with Gasteiger partial charge in [0.2, 0.25) is 11.8 Å². The molecule has 0 aliphatic carbocycles. The monoisotopic (exact) mass is 787 g/mol. The molecule has 4 aromatic heterocycles. The number of unbranched alkanes of at least 4 members (excludes halogenated alkanes) is 4. The first kappa shape index (κ1) is 45.2. The Morgan fingerprint density at radius 3 is 1.40 bits per heavy atom. The minimum Gasteiger partial charge on any atom is -0.381 e. The van der Waals surface area contributed by atoms with Crippen LogP contribution in [0.1, 0.15) is 116 Å². The van der Waals surface area contributed by atoms with Gasteiger partial charge < -0.3 is 23.7 Å². The Kier molecular flexibility index (Phi) is 17.8.